The van der Waals surface area contributed by atoms with Gasteiger partial charge in [0.2, 0.25) is 11.8 Å². The van der Waals surface area contributed by atoms with Crippen LogP contribution in [0.3, 0.4) is 0 Å². The molecule has 0 spiro atoms. The highest BCUT2D eigenvalue weighted by molar-refractivity contribution is 7.05. The van der Waals surface area contributed by atoms with Gasteiger partial charge in [-0.25, -0.2) is 5.84 Å². The fourth-order valence-electron chi connectivity index (χ4n) is 0.839. The van der Waals surface area contributed by atoms with Crippen molar-refractivity contribution >= 4 is 17.5 Å². The van der Waals surface area contributed by atoms with Crippen LogP contribution in [-0.2, 0) is 6.54 Å². The normalized spacial score (nSPS) is 11.2. The molecule has 0 unspecified atom stereocenters. The highest BCUT2D eigenvalue weighted by Gasteiger charge is 2.01. The van der Waals surface area contributed by atoms with E-state index in [0.29, 0.717) is 18.4 Å². The van der Waals surface area contributed by atoms with Crippen LogP contribution >= 0.6 is 11.5 Å². The minimum Gasteiger partial charge on any atom is -0.480 e. The third-order valence-electron chi connectivity index (χ3n) is 1.54. The van der Waals surface area contributed by atoms with E-state index >= 15 is 0 Å². The number of hydrogen-bond donors (Lipinski definition) is 3. The fourth-order valence-corrected chi connectivity index (χ4v) is 1.46. The molecule has 1 aromatic rings. The molecule has 0 radical (unpaired) electrons. The summed E-state index contributed by atoms with van der Waals surface area (Å²) in [6.07, 6.45) is 0. The Kier molecular flexibility index (Phi) is 4.14. The maximum Gasteiger partial charge on any atom is 0.225 e. The maximum atomic E-state index is 5.20. The number of hydrogen-bond acceptors (Lipinski definition) is 5. The van der Waals surface area contributed by atoms with Gasteiger partial charge in [0.15, 0.2) is 0 Å². The summed E-state index contributed by atoms with van der Waals surface area (Å²) in [7, 11) is 3.24. The number of methoxy groups -OCH3 is 1. The topological polar surface area (TPSA) is 84.6 Å². The van der Waals surface area contributed by atoms with Gasteiger partial charge in [0, 0.05) is 18.0 Å². The van der Waals surface area contributed by atoms with Gasteiger partial charge in [0.05, 0.1) is 13.7 Å². The molecule has 0 aliphatic rings. The average molecular weight is 215 g/mol. The molecule has 0 fully saturated rings. The fraction of sp³-hybridized carbons (Fsp3) is 0.429. The summed E-state index contributed by atoms with van der Waals surface area (Å²) >= 11 is 1.38. The molecule has 78 valence electrons. The molecule has 1 aromatic heterocycles. The molecule has 0 aliphatic heterocycles. The predicted octanol–water partition coefficient (Wildman–Crippen LogP) is -0.310. The van der Waals surface area contributed by atoms with Crippen LogP contribution in [0, 0.1) is 0 Å². The van der Waals surface area contributed by atoms with E-state index in [0.717, 1.165) is 4.88 Å². The third kappa shape index (κ3) is 2.86. The molecule has 0 atom stereocenters. The number of nitrogens with one attached hydrogen (secondary N) is 2. The second-order valence-corrected chi connectivity index (χ2v) is 3.30. The van der Waals surface area contributed by atoms with E-state index < -0.39 is 0 Å². The van der Waals surface area contributed by atoms with Crippen molar-refractivity contribution in [3.63, 3.8) is 0 Å². The summed E-state index contributed by atoms with van der Waals surface area (Å²) in [4.78, 5) is 4.92. The van der Waals surface area contributed by atoms with Gasteiger partial charge in [-0.2, -0.15) is 4.37 Å². The van der Waals surface area contributed by atoms with Crippen molar-refractivity contribution in [2.24, 2.45) is 10.8 Å². The summed E-state index contributed by atoms with van der Waals surface area (Å²) in [5.74, 6) is 6.37. The third-order valence-corrected chi connectivity index (χ3v) is 2.30. The predicted molar refractivity (Wildman–Crippen MR) is 56.2 cm³/mol. The van der Waals surface area contributed by atoms with Crippen molar-refractivity contribution in [3.8, 4) is 5.88 Å². The van der Waals surface area contributed by atoms with Crippen molar-refractivity contribution in [1.82, 2.24) is 15.1 Å². The van der Waals surface area contributed by atoms with Crippen LogP contribution in [0.1, 0.15) is 4.88 Å². The first-order valence-corrected chi connectivity index (χ1v) is 4.74. The van der Waals surface area contributed by atoms with Crippen LogP contribution in [0.25, 0.3) is 0 Å². The van der Waals surface area contributed by atoms with Crippen LogP contribution in [0.2, 0.25) is 0 Å². The number of nitrogens with two attached hydrogens (primary N) is 1. The highest BCUT2D eigenvalue weighted by Crippen LogP contribution is 2.15. The van der Waals surface area contributed by atoms with Crippen molar-refractivity contribution in [1.29, 1.82) is 0 Å². The van der Waals surface area contributed by atoms with Crippen LogP contribution in [0.4, 0.5) is 0 Å². The smallest absolute Gasteiger partial charge is 0.225 e. The van der Waals surface area contributed by atoms with Crippen LogP contribution in [-0.4, -0.2) is 24.5 Å². The van der Waals surface area contributed by atoms with Crippen LogP contribution in [0.5, 0.6) is 5.88 Å². The Morgan fingerprint density at radius 1 is 1.79 bits per heavy atom. The first kappa shape index (κ1) is 10.7. The summed E-state index contributed by atoms with van der Waals surface area (Å²) in [6, 6.07) is 1.86. The summed E-state index contributed by atoms with van der Waals surface area (Å²) in [5.41, 5.74) is 2.43. The second kappa shape index (κ2) is 5.40. The van der Waals surface area contributed by atoms with Crippen LogP contribution < -0.4 is 21.3 Å². The van der Waals surface area contributed by atoms with Gasteiger partial charge in [0.25, 0.3) is 0 Å². The number of guanidine groups is 1. The Balaban J connectivity index is 2.45. The molecule has 4 N–H and O–H groups in total. The Bertz CT molecular complexity index is 311. The minimum atomic E-state index is 0.539. The van der Waals surface area contributed by atoms with Gasteiger partial charge < -0.3 is 10.1 Å². The van der Waals surface area contributed by atoms with Crippen molar-refractivity contribution in [3.05, 3.63) is 10.9 Å². The van der Waals surface area contributed by atoms with Gasteiger partial charge >= 0.3 is 0 Å². The molecule has 1 rings (SSSR count). The highest BCUT2D eigenvalue weighted by atomic mass is 32.1. The Morgan fingerprint density at radius 3 is 3.07 bits per heavy atom. The van der Waals surface area contributed by atoms with E-state index in [1.165, 1.54) is 11.5 Å². The molecule has 0 bridgehead atoms. The number of ether oxygens (including phenoxy) is 1. The summed E-state index contributed by atoms with van der Waals surface area (Å²) < 4.78 is 9.01. The lowest BCUT2D eigenvalue weighted by Gasteiger charge is -2.05. The minimum absolute atomic E-state index is 0.539. The van der Waals surface area contributed by atoms with E-state index in [1.807, 2.05) is 6.07 Å². The molecule has 0 aromatic carbocycles. The lowest BCUT2D eigenvalue weighted by atomic mass is 10.5. The second-order valence-electron chi connectivity index (χ2n) is 2.41. The molecule has 0 aliphatic carbocycles. The monoisotopic (exact) mass is 215 g/mol. The summed E-state index contributed by atoms with van der Waals surface area (Å²) in [5, 5.41) is 3.00. The number of nitrogens with zero attached hydrogens (tertiary/aromatic N) is 2. The molecule has 1 heterocycles. The van der Waals surface area contributed by atoms with Gasteiger partial charge in [-0.3, -0.25) is 10.4 Å². The van der Waals surface area contributed by atoms with Crippen molar-refractivity contribution in [2.45, 2.75) is 6.54 Å². The SMILES string of the molecule is CN=C(NN)NCc1cc(OC)ns1. The van der Waals surface area contributed by atoms with Gasteiger partial charge in [0.1, 0.15) is 0 Å². The van der Waals surface area contributed by atoms with Gasteiger partial charge in [-0.15, -0.1) is 0 Å². The molecule has 7 heteroatoms. The molecule has 6 nitrogen and oxygen atoms in total. The molecule has 0 amide bonds. The van der Waals surface area contributed by atoms with E-state index in [2.05, 4.69) is 20.1 Å². The largest absolute Gasteiger partial charge is 0.480 e. The van der Waals surface area contributed by atoms with Crippen molar-refractivity contribution < 1.29 is 4.74 Å². The van der Waals surface area contributed by atoms with E-state index in [4.69, 9.17) is 10.6 Å². The first-order chi connectivity index (χ1) is 6.80. The lowest BCUT2D eigenvalue weighted by molar-refractivity contribution is 0.402. The number of aromatic nitrogens is 1. The number of hydrazine groups is 1. The number of aliphatic imine (C=N–C) groups is 1. The maximum absolute atomic E-state index is 5.20. The quantitative estimate of drug-likeness (QED) is 0.279. The van der Waals surface area contributed by atoms with Crippen molar-refractivity contribution in [2.75, 3.05) is 14.2 Å². The zero-order valence-electron chi connectivity index (χ0n) is 8.07. The van der Waals surface area contributed by atoms with E-state index in [-0.39, 0.29) is 0 Å². The Labute approximate surface area is 86.3 Å². The van der Waals surface area contributed by atoms with E-state index in [1.54, 1.807) is 14.2 Å². The first-order valence-electron chi connectivity index (χ1n) is 3.97. The standard InChI is InChI=1S/C7H13N5OS/c1-9-7(11-8)10-4-5-3-6(13-2)12-14-5/h3H,4,8H2,1-2H3,(H2,9,10,11). The molecular formula is C7H13N5OS. The molecule has 0 saturated heterocycles. The lowest BCUT2D eigenvalue weighted by Crippen LogP contribution is -2.40. The van der Waals surface area contributed by atoms with Gasteiger partial charge in [-0.1, -0.05) is 0 Å². The zero-order valence-corrected chi connectivity index (χ0v) is 8.89. The van der Waals surface area contributed by atoms with E-state index in [9.17, 15) is 0 Å². The Hall–Kier alpha value is -1.34. The average Bonchev–Trinajstić information content (AvgIpc) is 2.67. The molecule has 0 saturated carbocycles. The Morgan fingerprint density at radius 2 is 2.57 bits per heavy atom. The van der Waals surface area contributed by atoms with Gasteiger partial charge in [-0.05, 0) is 11.5 Å². The summed E-state index contributed by atoms with van der Waals surface area (Å²) in [6.45, 7) is 0.623. The molecule has 14 heavy (non-hydrogen) atoms. The zero-order chi connectivity index (χ0) is 10.4. The van der Waals surface area contributed by atoms with Crippen LogP contribution in [0.15, 0.2) is 11.1 Å². The number of rotatable bonds is 3. The molecular weight excluding hydrogens is 202 g/mol.